The number of nitrogens with one attached hydrogen (secondary N) is 2. The SMILES string of the molecule is Cc1ccccc1CN1CCC(NC(=O)N[C@H]2CCC[C@@H](C(F)(F)F)C2)CC1. The Morgan fingerprint density at radius 1 is 1.07 bits per heavy atom. The monoisotopic (exact) mass is 397 g/mol. The van der Waals surface area contributed by atoms with Crippen molar-refractivity contribution in [3.8, 4) is 0 Å². The van der Waals surface area contributed by atoms with Gasteiger partial charge < -0.3 is 10.6 Å². The van der Waals surface area contributed by atoms with E-state index < -0.39 is 12.1 Å². The summed E-state index contributed by atoms with van der Waals surface area (Å²) in [5.41, 5.74) is 2.61. The van der Waals surface area contributed by atoms with Crippen molar-refractivity contribution in [2.24, 2.45) is 5.92 Å². The lowest BCUT2D eigenvalue weighted by Gasteiger charge is -2.34. The third kappa shape index (κ3) is 5.87. The van der Waals surface area contributed by atoms with Crippen LogP contribution >= 0.6 is 0 Å². The van der Waals surface area contributed by atoms with Gasteiger partial charge in [-0.1, -0.05) is 30.7 Å². The number of rotatable bonds is 4. The van der Waals surface area contributed by atoms with Crippen molar-refractivity contribution in [1.29, 1.82) is 0 Å². The number of nitrogens with zero attached hydrogens (tertiary/aromatic N) is 1. The minimum atomic E-state index is -4.17. The number of halogens is 3. The molecule has 4 nitrogen and oxygen atoms in total. The summed E-state index contributed by atoms with van der Waals surface area (Å²) in [6.45, 7) is 4.83. The molecule has 28 heavy (non-hydrogen) atoms. The van der Waals surface area contributed by atoms with Gasteiger partial charge in [-0.15, -0.1) is 0 Å². The fourth-order valence-electron chi connectivity index (χ4n) is 4.29. The van der Waals surface area contributed by atoms with Crippen LogP contribution in [-0.4, -0.2) is 42.3 Å². The van der Waals surface area contributed by atoms with Gasteiger partial charge in [-0.3, -0.25) is 4.90 Å². The van der Waals surface area contributed by atoms with E-state index in [4.69, 9.17) is 0 Å². The van der Waals surface area contributed by atoms with Crippen LogP contribution in [0, 0.1) is 12.8 Å². The summed E-state index contributed by atoms with van der Waals surface area (Å²) in [5, 5.41) is 5.72. The van der Waals surface area contributed by atoms with Crippen molar-refractivity contribution in [2.75, 3.05) is 13.1 Å². The van der Waals surface area contributed by atoms with E-state index in [0.717, 1.165) is 32.5 Å². The van der Waals surface area contributed by atoms with Crippen LogP contribution in [0.25, 0.3) is 0 Å². The molecule has 0 radical (unpaired) electrons. The molecule has 3 rings (SSSR count). The van der Waals surface area contributed by atoms with Crippen LogP contribution in [0.3, 0.4) is 0 Å². The van der Waals surface area contributed by atoms with Gasteiger partial charge in [0.05, 0.1) is 5.92 Å². The molecule has 156 valence electrons. The summed E-state index contributed by atoms with van der Waals surface area (Å²) in [6, 6.07) is 7.71. The number of amides is 2. The molecule has 1 heterocycles. The highest BCUT2D eigenvalue weighted by molar-refractivity contribution is 5.74. The van der Waals surface area contributed by atoms with Gasteiger partial charge in [0.2, 0.25) is 0 Å². The molecule has 2 amide bonds. The van der Waals surface area contributed by atoms with Crippen LogP contribution in [0.4, 0.5) is 18.0 Å². The van der Waals surface area contributed by atoms with Crippen molar-refractivity contribution in [2.45, 2.75) is 70.3 Å². The summed E-state index contributed by atoms with van der Waals surface area (Å²) in [6.07, 6.45) is -1.17. The quantitative estimate of drug-likeness (QED) is 0.792. The van der Waals surface area contributed by atoms with Crippen LogP contribution in [0.2, 0.25) is 0 Å². The molecule has 0 aromatic heterocycles. The Kier molecular flexibility index (Phi) is 6.86. The Morgan fingerprint density at radius 2 is 1.75 bits per heavy atom. The highest BCUT2D eigenvalue weighted by Gasteiger charge is 2.42. The molecular formula is C21H30F3N3O. The lowest BCUT2D eigenvalue weighted by Crippen LogP contribution is -2.51. The Balaban J connectivity index is 1.40. The molecule has 1 saturated heterocycles. The highest BCUT2D eigenvalue weighted by atomic mass is 19.4. The summed E-state index contributed by atoms with van der Waals surface area (Å²) < 4.78 is 38.7. The zero-order chi connectivity index (χ0) is 20.1. The lowest BCUT2D eigenvalue weighted by atomic mass is 9.85. The number of hydrogen-bond donors (Lipinski definition) is 2. The van der Waals surface area contributed by atoms with Gasteiger partial charge in [0.25, 0.3) is 0 Å². The predicted molar refractivity (Wildman–Crippen MR) is 103 cm³/mol. The Bertz CT molecular complexity index is 657. The molecule has 7 heteroatoms. The molecule has 2 atom stereocenters. The normalized spacial score (nSPS) is 24.7. The molecule has 0 unspecified atom stereocenters. The van der Waals surface area contributed by atoms with Gasteiger partial charge in [0, 0.05) is 31.7 Å². The average molecular weight is 397 g/mol. The van der Waals surface area contributed by atoms with Crippen molar-refractivity contribution in [1.82, 2.24) is 15.5 Å². The maximum Gasteiger partial charge on any atom is 0.391 e. The summed E-state index contributed by atoms with van der Waals surface area (Å²) in [4.78, 5) is 14.6. The van der Waals surface area contributed by atoms with Crippen molar-refractivity contribution >= 4 is 6.03 Å². The molecule has 1 aromatic rings. The topological polar surface area (TPSA) is 44.4 Å². The van der Waals surface area contributed by atoms with Gasteiger partial charge in [0.15, 0.2) is 0 Å². The number of urea groups is 1. The van der Waals surface area contributed by atoms with E-state index in [0.29, 0.717) is 12.8 Å². The molecule has 2 N–H and O–H groups in total. The van der Waals surface area contributed by atoms with E-state index >= 15 is 0 Å². The number of piperidine rings is 1. The first-order valence-electron chi connectivity index (χ1n) is 10.2. The largest absolute Gasteiger partial charge is 0.391 e. The van der Waals surface area contributed by atoms with Crippen molar-refractivity contribution in [3.63, 3.8) is 0 Å². The third-order valence-electron chi connectivity index (χ3n) is 6.05. The van der Waals surface area contributed by atoms with E-state index in [1.807, 2.05) is 6.07 Å². The summed E-state index contributed by atoms with van der Waals surface area (Å²) in [7, 11) is 0. The second-order valence-corrected chi connectivity index (χ2v) is 8.20. The van der Waals surface area contributed by atoms with Crippen LogP contribution in [0.5, 0.6) is 0 Å². The Labute approximate surface area is 164 Å². The second kappa shape index (κ2) is 9.16. The minimum Gasteiger partial charge on any atom is -0.335 e. The van der Waals surface area contributed by atoms with Crippen LogP contribution in [-0.2, 0) is 6.54 Å². The van der Waals surface area contributed by atoms with Crippen LogP contribution in [0.15, 0.2) is 24.3 Å². The Morgan fingerprint density at radius 3 is 2.43 bits per heavy atom. The molecule has 1 aliphatic heterocycles. The zero-order valence-electron chi connectivity index (χ0n) is 16.4. The Hall–Kier alpha value is -1.76. The van der Waals surface area contributed by atoms with E-state index in [2.05, 4.69) is 40.7 Å². The van der Waals surface area contributed by atoms with Gasteiger partial charge in [-0.25, -0.2) is 4.79 Å². The molecule has 2 aliphatic rings. The number of carbonyl (C=O) groups excluding carboxylic acids is 1. The fourth-order valence-corrected chi connectivity index (χ4v) is 4.29. The zero-order valence-corrected chi connectivity index (χ0v) is 16.4. The number of likely N-dealkylation sites (tertiary alicyclic amines) is 1. The molecule has 0 bridgehead atoms. The third-order valence-corrected chi connectivity index (χ3v) is 6.05. The van der Waals surface area contributed by atoms with E-state index in [-0.39, 0.29) is 31.0 Å². The minimum absolute atomic E-state index is 0.00814. The highest BCUT2D eigenvalue weighted by Crippen LogP contribution is 2.37. The first-order chi connectivity index (χ1) is 13.3. The summed E-state index contributed by atoms with van der Waals surface area (Å²) >= 11 is 0. The second-order valence-electron chi connectivity index (χ2n) is 8.20. The maximum absolute atomic E-state index is 12.9. The maximum atomic E-state index is 12.9. The van der Waals surface area contributed by atoms with Gasteiger partial charge in [-0.05, 0) is 50.2 Å². The number of aryl methyl sites for hydroxylation is 1. The van der Waals surface area contributed by atoms with E-state index in [9.17, 15) is 18.0 Å². The van der Waals surface area contributed by atoms with Crippen molar-refractivity contribution in [3.05, 3.63) is 35.4 Å². The molecule has 1 aliphatic carbocycles. The lowest BCUT2D eigenvalue weighted by molar-refractivity contribution is -0.183. The number of alkyl halides is 3. The van der Waals surface area contributed by atoms with E-state index in [1.165, 1.54) is 11.1 Å². The molecule has 1 saturated carbocycles. The fraction of sp³-hybridized carbons (Fsp3) is 0.667. The van der Waals surface area contributed by atoms with Crippen LogP contribution in [0.1, 0.15) is 49.7 Å². The molecule has 1 aromatic carbocycles. The van der Waals surface area contributed by atoms with Gasteiger partial charge in [0.1, 0.15) is 0 Å². The molecule has 2 fully saturated rings. The number of carbonyl (C=O) groups is 1. The first-order valence-corrected chi connectivity index (χ1v) is 10.2. The smallest absolute Gasteiger partial charge is 0.335 e. The summed E-state index contributed by atoms with van der Waals surface area (Å²) in [5.74, 6) is -1.30. The molecule has 0 spiro atoms. The first kappa shape index (κ1) is 21.0. The van der Waals surface area contributed by atoms with E-state index in [1.54, 1.807) is 0 Å². The van der Waals surface area contributed by atoms with Gasteiger partial charge >= 0.3 is 12.2 Å². The van der Waals surface area contributed by atoms with Crippen LogP contribution < -0.4 is 10.6 Å². The predicted octanol–water partition coefficient (Wildman–Crippen LogP) is 4.38. The van der Waals surface area contributed by atoms with Gasteiger partial charge in [-0.2, -0.15) is 13.2 Å². The standard InChI is InChI=1S/C21H30F3N3O/c1-15-5-2-3-6-16(15)14-27-11-9-18(10-12-27)25-20(28)26-19-8-4-7-17(13-19)21(22,23)24/h2-3,5-6,17-19H,4,7-14H2,1H3,(H2,25,26,28)/t17-,19+/m1/s1. The number of benzene rings is 1. The molecular weight excluding hydrogens is 367 g/mol. The van der Waals surface area contributed by atoms with Crippen molar-refractivity contribution < 1.29 is 18.0 Å². The average Bonchev–Trinajstić information content (AvgIpc) is 2.65. The number of hydrogen-bond acceptors (Lipinski definition) is 2.